The molecule has 2 aromatic rings. The van der Waals surface area contributed by atoms with Gasteiger partial charge in [0, 0.05) is 5.54 Å². The molecule has 114 valence electrons. The minimum absolute atomic E-state index is 0.125. The minimum atomic E-state index is -3.37. The Bertz CT molecular complexity index is 795. The second-order valence-corrected chi connectivity index (χ2v) is 7.26. The fraction of sp³-hybridized carbons (Fsp3) is 0.417. The van der Waals surface area contributed by atoms with Crippen LogP contribution in [0.2, 0.25) is 0 Å². The minimum Gasteiger partial charge on any atom is -0.478 e. The summed E-state index contributed by atoms with van der Waals surface area (Å²) in [4.78, 5) is 11.0. The lowest BCUT2D eigenvalue weighted by atomic mass is 10.1. The van der Waals surface area contributed by atoms with Crippen molar-refractivity contribution in [2.24, 2.45) is 0 Å². The van der Waals surface area contributed by atoms with Crippen LogP contribution in [0.1, 0.15) is 24.2 Å². The van der Waals surface area contributed by atoms with E-state index in [1.165, 1.54) is 16.8 Å². The smallest absolute Gasteiger partial charge is 0.335 e. The molecule has 0 aliphatic heterocycles. The van der Waals surface area contributed by atoms with Crippen LogP contribution in [0.4, 0.5) is 0 Å². The molecule has 0 spiro atoms. The molecule has 1 aromatic carbocycles. The highest BCUT2D eigenvalue weighted by Gasteiger charge is 2.24. The first-order valence-corrected chi connectivity index (χ1v) is 8.02. The number of nitrogens with one attached hydrogen (secondary N) is 1. The Morgan fingerprint density at radius 2 is 2.10 bits per heavy atom. The van der Waals surface area contributed by atoms with Crippen LogP contribution in [0.15, 0.2) is 18.2 Å². The van der Waals surface area contributed by atoms with E-state index < -0.39 is 21.5 Å². The summed E-state index contributed by atoms with van der Waals surface area (Å²) in [7, 11) is -3.37. The van der Waals surface area contributed by atoms with Gasteiger partial charge in [0.1, 0.15) is 5.52 Å². The van der Waals surface area contributed by atoms with Gasteiger partial charge in [-0.15, -0.1) is 5.10 Å². The number of hydrogen-bond donors (Lipinski definition) is 2. The number of fused-ring (bicyclic) bond motifs is 1. The lowest BCUT2D eigenvalue weighted by Gasteiger charge is -2.24. The highest BCUT2D eigenvalue weighted by atomic mass is 32.2. The molecular formula is C12H16N4O4S. The highest BCUT2D eigenvalue weighted by molar-refractivity contribution is 7.88. The van der Waals surface area contributed by atoms with E-state index in [9.17, 15) is 13.2 Å². The molecule has 1 aromatic heterocycles. The lowest BCUT2D eigenvalue weighted by molar-refractivity contribution is 0.0697. The summed E-state index contributed by atoms with van der Waals surface area (Å²) in [6, 6.07) is 4.48. The summed E-state index contributed by atoms with van der Waals surface area (Å²) < 4.78 is 26.7. The Balaban J connectivity index is 2.38. The summed E-state index contributed by atoms with van der Waals surface area (Å²) in [5.74, 6) is -1.04. The van der Waals surface area contributed by atoms with Crippen LogP contribution >= 0.6 is 0 Å². The van der Waals surface area contributed by atoms with Crippen molar-refractivity contribution < 1.29 is 18.3 Å². The summed E-state index contributed by atoms with van der Waals surface area (Å²) >= 11 is 0. The average Bonchev–Trinajstić information content (AvgIpc) is 2.67. The van der Waals surface area contributed by atoms with Crippen LogP contribution in [0.5, 0.6) is 0 Å². The Morgan fingerprint density at radius 1 is 1.43 bits per heavy atom. The van der Waals surface area contributed by atoms with Gasteiger partial charge in [0.2, 0.25) is 10.0 Å². The molecule has 0 aliphatic rings. The number of carbonyl (C=O) groups is 1. The van der Waals surface area contributed by atoms with Gasteiger partial charge in [-0.3, -0.25) is 0 Å². The van der Waals surface area contributed by atoms with Crippen molar-refractivity contribution in [3.63, 3.8) is 0 Å². The first kappa shape index (κ1) is 15.4. The Labute approximate surface area is 121 Å². The Kier molecular flexibility index (Phi) is 3.72. The van der Waals surface area contributed by atoms with Crippen molar-refractivity contribution in [2.75, 3.05) is 6.26 Å². The number of aromatic carboxylic acids is 1. The zero-order valence-electron chi connectivity index (χ0n) is 11.9. The van der Waals surface area contributed by atoms with Gasteiger partial charge in [0.05, 0.1) is 23.9 Å². The second-order valence-electron chi connectivity index (χ2n) is 5.51. The molecule has 0 radical (unpaired) electrons. The van der Waals surface area contributed by atoms with Gasteiger partial charge in [-0.05, 0) is 32.0 Å². The molecule has 1 heterocycles. The van der Waals surface area contributed by atoms with Gasteiger partial charge in [0.25, 0.3) is 0 Å². The van der Waals surface area contributed by atoms with Crippen LogP contribution in [0.25, 0.3) is 11.0 Å². The van der Waals surface area contributed by atoms with Crippen molar-refractivity contribution in [1.29, 1.82) is 0 Å². The number of benzene rings is 1. The molecule has 8 nitrogen and oxygen atoms in total. The molecule has 2 rings (SSSR count). The predicted molar refractivity (Wildman–Crippen MR) is 76.5 cm³/mol. The third-order valence-electron chi connectivity index (χ3n) is 2.77. The number of hydrogen-bond acceptors (Lipinski definition) is 5. The second kappa shape index (κ2) is 5.08. The van der Waals surface area contributed by atoms with Crippen LogP contribution in [-0.2, 0) is 16.6 Å². The zero-order chi connectivity index (χ0) is 15.8. The van der Waals surface area contributed by atoms with Gasteiger partial charge < -0.3 is 5.11 Å². The van der Waals surface area contributed by atoms with Gasteiger partial charge in [0.15, 0.2) is 0 Å². The first-order valence-electron chi connectivity index (χ1n) is 6.13. The van der Waals surface area contributed by atoms with E-state index in [4.69, 9.17) is 5.11 Å². The number of carboxylic acid groups (broad SMARTS) is 1. The molecule has 0 saturated carbocycles. The number of rotatable bonds is 5. The third-order valence-corrected chi connectivity index (χ3v) is 3.69. The van der Waals surface area contributed by atoms with E-state index in [-0.39, 0.29) is 12.1 Å². The maximum absolute atomic E-state index is 11.3. The normalized spacial score (nSPS) is 12.7. The maximum Gasteiger partial charge on any atom is 0.335 e. The fourth-order valence-corrected chi connectivity index (χ4v) is 3.19. The highest BCUT2D eigenvalue weighted by Crippen LogP contribution is 2.16. The quantitative estimate of drug-likeness (QED) is 0.829. The molecular weight excluding hydrogens is 296 g/mol. The van der Waals surface area contributed by atoms with Crippen LogP contribution in [0, 0.1) is 0 Å². The third kappa shape index (κ3) is 3.76. The number of nitrogens with zero attached hydrogens (tertiary/aromatic N) is 3. The molecule has 0 bridgehead atoms. The van der Waals surface area contributed by atoms with E-state index in [1.54, 1.807) is 19.9 Å². The predicted octanol–water partition coefficient (Wildman–Crippen LogP) is 0.457. The summed E-state index contributed by atoms with van der Waals surface area (Å²) in [6.07, 6.45) is 1.08. The maximum atomic E-state index is 11.3. The van der Waals surface area contributed by atoms with Crippen LogP contribution < -0.4 is 4.72 Å². The number of carboxylic acids is 1. The summed E-state index contributed by atoms with van der Waals surface area (Å²) in [5, 5.41) is 16.9. The molecule has 21 heavy (non-hydrogen) atoms. The van der Waals surface area contributed by atoms with Gasteiger partial charge in [-0.1, -0.05) is 5.21 Å². The van der Waals surface area contributed by atoms with Crippen molar-refractivity contribution in [3.05, 3.63) is 23.8 Å². The SMILES string of the molecule is CC(C)(Cn1nnc2ccc(C(=O)O)cc21)NS(C)(=O)=O. The molecule has 0 aliphatic carbocycles. The monoisotopic (exact) mass is 312 g/mol. The van der Waals surface area contributed by atoms with E-state index in [2.05, 4.69) is 15.0 Å². The van der Waals surface area contributed by atoms with Crippen LogP contribution in [0.3, 0.4) is 0 Å². The summed E-state index contributed by atoms with van der Waals surface area (Å²) in [5.41, 5.74) is 0.432. The van der Waals surface area contributed by atoms with E-state index in [1.807, 2.05) is 0 Å². The largest absolute Gasteiger partial charge is 0.478 e. The zero-order valence-corrected chi connectivity index (χ0v) is 12.7. The van der Waals surface area contributed by atoms with Crippen LogP contribution in [-0.4, -0.2) is 46.3 Å². The van der Waals surface area contributed by atoms with Gasteiger partial charge >= 0.3 is 5.97 Å². The molecule has 0 atom stereocenters. The fourth-order valence-electron chi connectivity index (χ4n) is 2.12. The topological polar surface area (TPSA) is 114 Å². The molecule has 0 fully saturated rings. The average molecular weight is 312 g/mol. The lowest BCUT2D eigenvalue weighted by Crippen LogP contribution is -2.46. The van der Waals surface area contributed by atoms with Gasteiger partial charge in [-0.25, -0.2) is 22.6 Å². The Hall–Kier alpha value is -2.00. The van der Waals surface area contributed by atoms with E-state index >= 15 is 0 Å². The molecule has 0 unspecified atom stereocenters. The van der Waals surface area contributed by atoms with Crippen molar-refractivity contribution in [3.8, 4) is 0 Å². The first-order chi connectivity index (χ1) is 9.57. The number of aromatic nitrogens is 3. The standard InChI is InChI=1S/C12H16N4O4S/c1-12(2,14-21(3,19)20)7-16-10-6-8(11(17)18)4-5-9(10)13-15-16/h4-6,14H,7H2,1-3H3,(H,17,18). The van der Waals surface area contributed by atoms with Crippen molar-refractivity contribution in [2.45, 2.75) is 25.9 Å². The Morgan fingerprint density at radius 3 is 2.67 bits per heavy atom. The van der Waals surface area contributed by atoms with E-state index in [0.717, 1.165) is 6.26 Å². The molecule has 2 N–H and O–H groups in total. The van der Waals surface area contributed by atoms with Crippen molar-refractivity contribution in [1.82, 2.24) is 19.7 Å². The van der Waals surface area contributed by atoms with Crippen molar-refractivity contribution >= 4 is 27.0 Å². The van der Waals surface area contributed by atoms with Gasteiger partial charge in [-0.2, -0.15) is 0 Å². The van der Waals surface area contributed by atoms with E-state index in [0.29, 0.717) is 11.0 Å². The molecule has 9 heteroatoms. The summed E-state index contributed by atoms with van der Waals surface area (Å²) in [6.45, 7) is 3.64. The number of sulfonamides is 1. The molecule has 0 amide bonds. The molecule has 0 saturated heterocycles.